The topological polar surface area (TPSA) is 47.9 Å². The van der Waals surface area contributed by atoms with Crippen LogP contribution >= 0.6 is 0 Å². The highest BCUT2D eigenvalue weighted by molar-refractivity contribution is 5.41. The molecule has 0 saturated carbocycles. The van der Waals surface area contributed by atoms with E-state index in [0.29, 0.717) is 25.4 Å². The van der Waals surface area contributed by atoms with Crippen molar-refractivity contribution in [1.82, 2.24) is 0 Å². The zero-order chi connectivity index (χ0) is 13.4. The molecule has 1 aromatic carbocycles. The molecule has 1 aromatic rings. The molecule has 102 valence electrons. The Labute approximate surface area is 108 Å². The molecule has 0 aliphatic rings. The van der Waals surface area contributed by atoms with Crippen molar-refractivity contribution in [3.05, 3.63) is 23.8 Å². The molecule has 0 bridgehead atoms. The first kappa shape index (κ1) is 14.8. The van der Waals surface area contributed by atoms with E-state index >= 15 is 0 Å². The summed E-state index contributed by atoms with van der Waals surface area (Å²) in [5, 5.41) is 10.2. The highest BCUT2D eigenvalue weighted by atomic mass is 16.5. The molecule has 0 aliphatic heterocycles. The van der Waals surface area contributed by atoms with Crippen LogP contribution in [0.1, 0.15) is 31.4 Å². The molecule has 4 heteroatoms. The van der Waals surface area contributed by atoms with Crippen LogP contribution in [0, 0.1) is 0 Å². The molecular weight excluding hydrogens is 232 g/mol. The molecule has 18 heavy (non-hydrogen) atoms. The molecule has 1 rings (SSSR count). The SMILES string of the molecule is CCOCCCC(O)c1cc(OC)ccc1OC. The van der Waals surface area contributed by atoms with E-state index < -0.39 is 6.10 Å². The van der Waals surface area contributed by atoms with Gasteiger partial charge in [-0.2, -0.15) is 0 Å². The summed E-state index contributed by atoms with van der Waals surface area (Å²) in [6.07, 6.45) is 0.898. The van der Waals surface area contributed by atoms with Crippen molar-refractivity contribution in [3.8, 4) is 11.5 Å². The zero-order valence-corrected chi connectivity index (χ0v) is 11.3. The second-order valence-electron chi connectivity index (χ2n) is 3.96. The van der Waals surface area contributed by atoms with E-state index in [1.54, 1.807) is 20.3 Å². The van der Waals surface area contributed by atoms with E-state index in [0.717, 1.165) is 17.7 Å². The maximum atomic E-state index is 10.2. The second-order valence-corrected chi connectivity index (χ2v) is 3.96. The summed E-state index contributed by atoms with van der Waals surface area (Å²) in [6, 6.07) is 5.43. The third-order valence-corrected chi connectivity index (χ3v) is 2.77. The van der Waals surface area contributed by atoms with E-state index in [1.165, 1.54) is 0 Å². The van der Waals surface area contributed by atoms with Gasteiger partial charge in [-0.3, -0.25) is 0 Å². The van der Waals surface area contributed by atoms with Gasteiger partial charge >= 0.3 is 0 Å². The predicted molar refractivity (Wildman–Crippen MR) is 70.2 cm³/mol. The van der Waals surface area contributed by atoms with Gasteiger partial charge in [0.1, 0.15) is 11.5 Å². The van der Waals surface area contributed by atoms with E-state index in [1.807, 2.05) is 19.1 Å². The maximum absolute atomic E-state index is 10.2. The average molecular weight is 254 g/mol. The molecule has 1 N–H and O–H groups in total. The van der Waals surface area contributed by atoms with Crippen molar-refractivity contribution >= 4 is 0 Å². The normalized spacial score (nSPS) is 12.2. The Bertz CT molecular complexity index is 352. The first-order valence-electron chi connectivity index (χ1n) is 6.20. The van der Waals surface area contributed by atoms with Crippen LogP contribution in [-0.4, -0.2) is 32.5 Å². The van der Waals surface area contributed by atoms with Crippen molar-refractivity contribution < 1.29 is 19.3 Å². The Balaban J connectivity index is 2.66. The number of hydrogen-bond acceptors (Lipinski definition) is 4. The molecule has 0 amide bonds. The van der Waals surface area contributed by atoms with Crippen molar-refractivity contribution in [3.63, 3.8) is 0 Å². The molecule has 1 atom stereocenters. The van der Waals surface area contributed by atoms with Gasteiger partial charge in [0.15, 0.2) is 0 Å². The molecule has 0 saturated heterocycles. The Morgan fingerprint density at radius 2 is 2.00 bits per heavy atom. The van der Waals surface area contributed by atoms with E-state index in [9.17, 15) is 5.11 Å². The van der Waals surface area contributed by atoms with Gasteiger partial charge in [-0.1, -0.05) is 0 Å². The minimum Gasteiger partial charge on any atom is -0.497 e. The highest BCUT2D eigenvalue weighted by Crippen LogP contribution is 2.31. The lowest BCUT2D eigenvalue weighted by atomic mass is 10.0. The van der Waals surface area contributed by atoms with E-state index in [4.69, 9.17) is 14.2 Å². The van der Waals surface area contributed by atoms with Gasteiger partial charge in [-0.25, -0.2) is 0 Å². The van der Waals surface area contributed by atoms with Crippen LogP contribution in [0.3, 0.4) is 0 Å². The largest absolute Gasteiger partial charge is 0.497 e. The van der Waals surface area contributed by atoms with Gasteiger partial charge in [0, 0.05) is 18.8 Å². The summed E-state index contributed by atoms with van der Waals surface area (Å²) >= 11 is 0. The Kier molecular flexibility index (Phi) is 6.54. The number of aliphatic hydroxyl groups excluding tert-OH is 1. The summed E-state index contributed by atoms with van der Waals surface area (Å²) in [4.78, 5) is 0. The fraction of sp³-hybridized carbons (Fsp3) is 0.571. The molecule has 4 nitrogen and oxygen atoms in total. The Morgan fingerprint density at radius 3 is 2.61 bits per heavy atom. The third kappa shape index (κ3) is 4.20. The first-order chi connectivity index (χ1) is 8.72. The standard InChI is InChI=1S/C14H22O4/c1-4-18-9-5-6-13(15)12-10-11(16-2)7-8-14(12)17-3/h7-8,10,13,15H,4-6,9H2,1-3H3. The Morgan fingerprint density at radius 1 is 1.22 bits per heavy atom. The van der Waals surface area contributed by atoms with Crippen molar-refractivity contribution in [2.75, 3.05) is 27.4 Å². The third-order valence-electron chi connectivity index (χ3n) is 2.77. The average Bonchev–Trinajstić information content (AvgIpc) is 2.42. The fourth-order valence-corrected chi connectivity index (χ4v) is 1.78. The first-order valence-corrected chi connectivity index (χ1v) is 6.20. The van der Waals surface area contributed by atoms with Crippen LogP contribution in [0.5, 0.6) is 11.5 Å². The van der Waals surface area contributed by atoms with Gasteiger partial charge in [0.25, 0.3) is 0 Å². The molecule has 0 aromatic heterocycles. The van der Waals surface area contributed by atoms with Crippen LogP contribution in [0.15, 0.2) is 18.2 Å². The molecule has 1 unspecified atom stereocenters. The number of rotatable bonds is 8. The quantitative estimate of drug-likeness (QED) is 0.724. The summed E-state index contributed by atoms with van der Waals surface area (Å²) in [5.74, 6) is 1.40. The van der Waals surface area contributed by atoms with Gasteiger partial charge < -0.3 is 19.3 Å². The minimum atomic E-state index is -0.560. The smallest absolute Gasteiger partial charge is 0.124 e. The number of ether oxygens (including phenoxy) is 3. The van der Waals surface area contributed by atoms with Crippen LogP contribution in [0.4, 0.5) is 0 Å². The van der Waals surface area contributed by atoms with Crippen LogP contribution < -0.4 is 9.47 Å². The van der Waals surface area contributed by atoms with Crippen molar-refractivity contribution in [1.29, 1.82) is 0 Å². The van der Waals surface area contributed by atoms with Gasteiger partial charge in [0.05, 0.1) is 20.3 Å². The Hall–Kier alpha value is -1.26. The summed E-state index contributed by atoms with van der Waals surface area (Å²) in [6.45, 7) is 3.33. The van der Waals surface area contributed by atoms with Gasteiger partial charge in [0.2, 0.25) is 0 Å². The van der Waals surface area contributed by atoms with Crippen molar-refractivity contribution in [2.24, 2.45) is 0 Å². The lowest BCUT2D eigenvalue weighted by Crippen LogP contribution is -2.03. The van der Waals surface area contributed by atoms with E-state index in [-0.39, 0.29) is 0 Å². The molecule has 0 spiro atoms. The van der Waals surface area contributed by atoms with Crippen LogP contribution in [0.25, 0.3) is 0 Å². The molecule has 0 aliphatic carbocycles. The molecule has 0 heterocycles. The number of hydrogen-bond donors (Lipinski definition) is 1. The minimum absolute atomic E-state index is 0.560. The lowest BCUT2D eigenvalue weighted by Gasteiger charge is -2.15. The van der Waals surface area contributed by atoms with Crippen LogP contribution in [0.2, 0.25) is 0 Å². The second kappa shape index (κ2) is 7.95. The number of aliphatic hydroxyl groups is 1. The monoisotopic (exact) mass is 254 g/mol. The summed E-state index contributed by atoms with van der Waals surface area (Å²) in [7, 11) is 3.20. The van der Waals surface area contributed by atoms with Crippen LogP contribution in [-0.2, 0) is 4.74 Å². The van der Waals surface area contributed by atoms with E-state index in [2.05, 4.69) is 0 Å². The molecule has 0 fully saturated rings. The highest BCUT2D eigenvalue weighted by Gasteiger charge is 2.14. The fourth-order valence-electron chi connectivity index (χ4n) is 1.78. The van der Waals surface area contributed by atoms with Gasteiger partial charge in [-0.15, -0.1) is 0 Å². The van der Waals surface area contributed by atoms with Gasteiger partial charge in [-0.05, 0) is 38.0 Å². The number of methoxy groups -OCH3 is 2. The molecular formula is C14H22O4. The van der Waals surface area contributed by atoms with Crippen molar-refractivity contribution in [2.45, 2.75) is 25.9 Å². The number of benzene rings is 1. The summed E-state index contributed by atoms with van der Waals surface area (Å²) < 4.78 is 15.7. The lowest BCUT2D eigenvalue weighted by molar-refractivity contribution is 0.113. The predicted octanol–water partition coefficient (Wildman–Crippen LogP) is 2.55. The zero-order valence-electron chi connectivity index (χ0n) is 11.3. The molecule has 0 radical (unpaired) electrons. The maximum Gasteiger partial charge on any atom is 0.124 e. The summed E-state index contributed by atoms with van der Waals surface area (Å²) in [5.41, 5.74) is 0.758.